The van der Waals surface area contributed by atoms with Gasteiger partial charge in [-0.3, -0.25) is 0 Å². The van der Waals surface area contributed by atoms with Gasteiger partial charge in [-0.05, 0) is 61.1 Å². The number of alkyl halides is 1. The summed E-state index contributed by atoms with van der Waals surface area (Å²) in [5.74, 6) is -0.611. The van der Waals surface area contributed by atoms with Crippen LogP contribution in [0.5, 0.6) is 0 Å². The highest BCUT2D eigenvalue weighted by molar-refractivity contribution is 9.09. The minimum Gasteiger partial charge on any atom is -0.464 e. The van der Waals surface area contributed by atoms with Gasteiger partial charge >= 0.3 is 11.9 Å². The number of methoxy groups -OCH3 is 2. The van der Waals surface area contributed by atoms with Gasteiger partial charge in [-0.2, -0.15) is 0 Å². The van der Waals surface area contributed by atoms with Gasteiger partial charge in [0.1, 0.15) is 11.4 Å². The minimum absolute atomic E-state index is 0. The van der Waals surface area contributed by atoms with Gasteiger partial charge in [0.15, 0.2) is 0 Å². The lowest BCUT2D eigenvalue weighted by Crippen LogP contribution is -2.10. The molecule has 0 amide bonds. The second kappa shape index (κ2) is 19.5. The number of aromatic nitrogens is 2. The summed E-state index contributed by atoms with van der Waals surface area (Å²) in [5, 5.41) is 1.10. The molecule has 0 bridgehead atoms. The van der Waals surface area contributed by atoms with Gasteiger partial charge in [-0.15, -0.1) is 0 Å². The summed E-state index contributed by atoms with van der Waals surface area (Å²) in [6.45, 7) is 0.826. The Hall–Kier alpha value is -3.58. The van der Waals surface area contributed by atoms with Crippen LogP contribution >= 0.6 is 15.9 Å². The molecule has 6 nitrogen and oxygen atoms in total. The lowest BCUT2D eigenvalue weighted by molar-refractivity contribution is 0.0582. The minimum atomic E-state index is -0.333. The van der Waals surface area contributed by atoms with Gasteiger partial charge in [0.25, 0.3) is 0 Å². The monoisotopic (exact) mass is 582 g/mol. The summed E-state index contributed by atoms with van der Waals surface area (Å²) < 4.78 is 11.1. The van der Waals surface area contributed by atoms with E-state index >= 15 is 0 Å². The number of hydrogen-bond donors (Lipinski definition) is 1. The number of halogens is 1. The van der Waals surface area contributed by atoms with Crippen LogP contribution in [-0.4, -0.2) is 41.0 Å². The number of carbonyl (C=O) groups is 2. The fourth-order valence-electron chi connectivity index (χ4n) is 3.48. The second-order valence-electron chi connectivity index (χ2n) is 8.02. The zero-order valence-corrected chi connectivity index (χ0v) is 23.0. The maximum Gasteiger partial charge on any atom is 0.354 e. The van der Waals surface area contributed by atoms with Gasteiger partial charge in [0.2, 0.25) is 0 Å². The molecule has 4 rings (SSSR count). The van der Waals surface area contributed by atoms with E-state index in [-0.39, 0.29) is 19.4 Å². The first-order valence-electron chi connectivity index (χ1n) is 12.2. The molecular formula is C31H39BrN2O4. The van der Waals surface area contributed by atoms with E-state index in [0.29, 0.717) is 11.4 Å². The molecule has 0 spiro atoms. The van der Waals surface area contributed by atoms with Crippen LogP contribution < -0.4 is 0 Å². The third-order valence-electron chi connectivity index (χ3n) is 5.38. The molecule has 2 aromatic carbocycles. The quantitative estimate of drug-likeness (QED) is 0.165. The Morgan fingerprint density at radius 3 is 1.84 bits per heavy atom. The molecule has 4 aromatic rings. The predicted octanol–water partition coefficient (Wildman–Crippen LogP) is 7.36. The molecule has 0 atom stereocenters. The Kier molecular flexibility index (Phi) is 16.7. The molecule has 38 heavy (non-hydrogen) atoms. The number of rotatable bonds is 9. The molecule has 7 heteroatoms. The Balaban J connectivity index is 0.000000307. The number of aromatic amines is 1. The van der Waals surface area contributed by atoms with E-state index in [0.717, 1.165) is 24.7 Å². The van der Waals surface area contributed by atoms with E-state index in [1.54, 1.807) is 24.4 Å². The molecule has 0 radical (unpaired) electrons. The van der Waals surface area contributed by atoms with E-state index in [4.69, 9.17) is 4.74 Å². The summed E-state index contributed by atoms with van der Waals surface area (Å²) in [5.41, 5.74) is 3.86. The summed E-state index contributed by atoms with van der Waals surface area (Å²) in [4.78, 5) is 24.8. The molecule has 2 heterocycles. The van der Waals surface area contributed by atoms with Gasteiger partial charge < -0.3 is 19.0 Å². The highest BCUT2D eigenvalue weighted by Gasteiger charge is 2.10. The highest BCUT2D eigenvalue weighted by atomic mass is 79.9. The first kappa shape index (κ1) is 32.4. The number of ether oxygens (including phenoxy) is 2. The van der Waals surface area contributed by atoms with Crippen molar-refractivity contribution in [1.82, 2.24) is 9.55 Å². The van der Waals surface area contributed by atoms with Gasteiger partial charge in [-0.1, -0.05) is 84.0 Å². The largest absolute Gasteiger partial charge is 0.464 e. The van der Waals surface area contributed by atoms with Crippen LogP contribution in [0.15, 0.2) is 97.3 Å². The maximum atomic E-state index is 11.5. The van der Waals surface area contributed by atoms with E-state index in [2.05, 4.69) is 68.1 Å². The van der Waals surface area contributed by atoms with Crippen molar-refractivity contribution in [2.24, 2.45) is 0 Å². The molecule has 0 unspecified atom stereocenters. The zero-order chi connectivity index (χ0) is 26.7. The summed E-state index contributed by atoms with van der Waals surface area (Å²) >= 11 is 3.41. The lowest BCUT2D eigenvalue weighted by atomic mass is 10.1. The smallest absolute Gasteiger partial charge is 0.354 e. The lowest BCUT2D eigenvalue weighted by Gasteiger charge is -2.07. The van der Waals surface area contributed by atoms with Crippen molar-refractivity contribution in [3.8, 4) is 0 Å². The fraction of sp³-hybridized carbons (Fsp3) is 0.290. The fourth-order valence-corrected chi connectivity index (χ4v) is 3.76. The normalized spacial score (nSPS) is 9.55. The SMILES string of the molecule is BrCCCc1ccccc1.C.COC(=O)c1ccc[nH]1.COC(=O)c1cccn1CCCc1ccccc1. The number of carbonyl (C=O) groups excluding carboxylic acids is 2. The molecule has 0 fully saturated rings. The Morgan fingerprint density at radius 2 is 1.34 bits per heavy atom. The van der Waals surface area contributed by atoms with Crippen LogP contribution in [0.1, 0.15) is 52.4 Å². The van der Waals surface area contributed by atoms with Crippen molar-refractivity contribution in [2.45, 2.75) is 39.7 Å². The number of benzene rings is 2. The van der Waals surface area contributed by atoms with Crippen LogP contribution in [0.25, 0.3) is 0 Å². The van der Waals surface area contributed by atoms with Gasteiger partial charge in [-0.25, -0.2) is 9.59 Å². The molecule has 0 saturated carbocycles. The van der Waals surface area contributed by atoms with Crippen LogP contribution in [-0.2, 0) is 28.9 Å². The van der Waals surface area contributed by atoms with Crippen LogP contribution in [0, 0.1) is 0 Å². The Labute approximate surface area is 235 Å². The topological polar surface area (TPSA) is 73.3 Å². The van der Waals surface area contributed by atoms with Crippen molar-refractivity contribution in [2.75, 3.05) is 19.5 Å². The molecule has 0 saturated heterocycles. The number of nitrogens with one attached hydrogen (secondary N) is 1. The Bertz CT molecular complexity index is 1140. The molecule has 0 aliphatic rings. The maximum absolute atomic E-state index is 11.5. The summed E-state index contributed by atoms with van der Waals surface area (Å²) in [6, 6.07) is 28.0. The van der Waals surface area contributed by atoms with Gasteiger partial charge in [0.05, 0.1) is 14.2 Å². The van der Waals surface area contributed by atoms with Crippen molar-refractivity contribution in [1.29, 1.82) is 0 Å². The molecule has 0 aliphatic carbocycles. The van der Waals surface area contributed by atoms with Gasteiger partial charge in [0, 0.05) is 24.3 Å². The number of hydrogen-bond acceptors (Lipinski definition) is 4. The highest BCUT2D eigenvalue weighted by Crippen LogP contribution is 2.08. The van der Waals surface area contributed by atoms with E-state index in [9.17, 15) is 9.59 Å². The first-order valence-corrected chi connectivity index (χ1v) is 13.3. The number of nitrogens with zero attached hydrogens (tertiary/aromatic N) is 1. The number of H-pyrrole nitrogens is 1. The molecule has 2 aromatic heterocycles. The summed E-state index contributed by atoms with van der Waals surface area (Å²) in [6.07, 6.45) is 8.02. The van der Waals surface area contributed by atoms with Crippen molar-refractivity contribution in [3.05, 3.63) is 120 Å². The van der Waals surface area contributed by atoms with Crippen LogP contribution in [0.2, 0.25) is 0 Å². The van der Waals surface area contributed by atoms with Crippen LogP contribution in [0.3, 0.4) is 0 Å². The standard InChI is InChI=1S/C15H17NO2.C9H11Br.C6H7NO2.CH4/c1-18-15(17)14-10-6-12-16(14)11-5-9-13-7-3-2-4-8-13;10-8-4-7-9-5-2-1-3-6-9;1-9-6(8)5-3-2-4-7-5;/h2-4,6-8,10,12H,5,9,11H2,1H3;1-3,5-6H,4,7-8H2;2-4,7H,1H3;1H4. The number of aryl methyl sites for hydroxylation is 3. The third kappa shape index (κ3) is 12.1. The predicted molar refractivity (Wildman–Crippen MR) is 158 cm³/mol. The summed E-state index contributed by atoms with van der Waals surface area (Å²) in [7, 11) is 2.76. The van der Waals surface area contributed by atoms with Crippen molar-refractivity contribution >= 4 is 27.9 Å². The Morgan fingerprint density at radius 1 is 0.763 bits per heavy atom. The van der Waals surface area contributed by atoms with Crippen LogP contribution in [0.4, 0.5) is 0 Å². The number of esters is 2. The molecule has 204 valence electrons. The molecule has 0 aliphatic heterocycles. The van der Waals surface area contributed by atoms with Crippen molar-refractivity contribution in [3.63, 3.8) is 0 Å². The van der Waals surface area contributed by atoms with E-state index < -0.39 is 0 Å². The zero-order valence-electron chi connectivity index (χ0n) is 21.4. The average molecular weight is 584 g/mol. The average Bonchev–Trinajstić information content (AvgIpc) is 3.66. The second-order valence-corrected chi connectivity index (χ2v) is 8.81. The van der Waals surface area contributed by atoms with E-state index in [1.165, 1.54) is 38.2 Å². The van der Waals surface area contributed by atoms with E-state index in [1.807, 2.05) is 35.0 Å². The first-order chi connectivity index (χ1) is 18.1. The molecule has 1 N–H and O–H groups in total. The third-order valence-corrected chi connectivity index (χ3v) is 5.94. The van der Waals surface area contributed by atoms with Crippen molar-refractivity contribution < 1.29 is 19.1 Å². The molecular weight excluding hydrogens is 544 g/mol.